The highest BCUT2D eigenvalue weighted by atomic mass is 32.2. The molecule has 6 nitrogen and oxygen atoms in total. The van der Waals surface area contributed by atoms with Gasteiger partial charge in [-0.25, -0.2) is 13.4 Å². The van der Waals surface area contributed by atoms with Crippen LogP contribution in [0, 0.1) is 6.92 Å². The first kappa shape index (κ1) is 17.7. The van der Waals surface area contributed by atoms with E-state index >= 15 is 0 Å². The normalized spacial score (nSPS) is 18.6. The van der Waals surface area contributed by atoms with Gasteiger partial charge >= 0.3 is 0 Å². The predicted octanol–water partition coefficient (Wildman–Crippen LogP) is 2.47. The van der Waals surface area contributed by atoms with Gasteiger partial charge in [-0.1, -0.05) is 36.4 Å². The zero-order valence-corrected chi connectivity index (χ0v) is 15.9. The zero-order valence-electron chi connectivity index (χ0n) is 15.1. The largest absolute Gasteiger partial charge is 0.329 e. The van der Waals surface area contributed by atoms with Crippen molar-refractivity contribution in [2.75, 3.05) is 11.5 Å². The molecule has 1 unspecified atom stereocenters. The molecule has 1 atom stereocenters. The van der Waals surface area contributed by atoms with Crippen molar-refractivity contribution in [2.45, 2.75) is 25.9 Å². The van der Waals surface area contributed by atoms with Crippen molar-refractivity contribution in [1.29, 1.82) is 0 Å². The maximum Gasteiger partial charge on any atom is 0.274 e. The molecule has 1 amide bonds. The van der Waals surface area contributed by atoms with Crippen LogP contribution in [-0.4, -0.2) is 46.2 Å². The first-order valence-electron chi connectivity index (χ1n) is 8.93. The molecule has 1 saturated heterocycles. The molecule has 0 bridgehead atoms. The number of hydrogen-bond acceptors (Lipinski definition) is 4. The molecule has 1 aliphatic heterocycles. The second-order valence-electron chi connectivity index (χ2n) is 7.00. The number of aromatic nitrogens is 2. The Morgan fingerprint density at radius 3 is 2.63 bits per heavy atom. The number of sulfone groups is 1. The van der Waals surface area contributed by atoms with E-state index in [9.17, 15) is 13.2 Å². The number of benzene rings is 1. The number of carbonyl (C=O) groups excluding carboxylic acids is 1. The van der Waals surface area contributed by atoms with Crippen LogP contribution in [0.3, 0.4) is 0 Å². The topological polar surface area (TPSA) is 71.8 Å². The molecule has 0 saturated carbocycles. The third-order valence-electron chi connectivity index (χ3n) is 5.02. The number of carbonyl (C=O) groups is 1. The molecule has 7 heteroatoms. The van der Waals surface area contributed by atoms with Crippen LogP contribution in [0.5, 0.6) is 0 Å². The van der Waals surface area contributed by atoms with E-state index < -0.39 is 9.84 Å². The van der Waals surface area contributed by atoms with Gasteiger partial charge in [0.2, 0.25) is 0 Å². The van der Waals surface area contributed by atoms with E-state index in [0.717, 1.165) is 11.3 Å². The fourth-order valence-electron chi connectivity index (χ4n) is 3.57. The average molecular weight is 383 g/mol. The molecule has 0 aliphatic carbocycles. The van der Waals surface area contributed by atoms with Gasteiger partial charge in [0, 0.05) is 24.5 Å². The second-order valence-corrected chi connectivity index (χ2v) is 9.23. The number of imidazole rings is 1. The van der Waals surface area contributed by atoms with Gasteiger partial charge in [-0.2, -0.15) is 0 Å². The van der Waals surface area contributed by atoms with Crippen LogP contribution in [0.2, 0.25) is 0 Å². The summed E-state index contributed by atoms with van der Waals surface area (Å²) in [7, 11) is -3.10. The highest BCUT2D eigenvalue weighted by Crippen LogP contribution is 2.22. The van der Waals surface area contributed by atoms with Crippen molar-refractivity contribution in [3.8, 4) is 0 Å². The maximum absolute atomic E-state index is 13.3. The molecule has 0 radical (unpaired) electrons. The number of hydrogen-bond donors (Lipinski definition) is 0. The molecule has 0 spiro atoms. The summed E-state index contributed by atoms with van der Waals surface area (Å²) in [4.78, 5) is 19.4. The van der Waals surface area contributed by atoms with Crippen LogP contribution in [0.25, 0.3) is 5.65 Å². The maximum atomic E-state index is 13.3. The van der Waals surface area contributed by atoms with E-state index in [1.807, 2.05) is 59.9 Å². The lowest BCUT2D eigenvalue weighted by Gasteiger charge is -2.27. The molecule has 4 rings (SSSR count). The number of pyridine rings is 1. The number of rotatable bonds is 4. The standard InChI is InChI=1S/C20H21N3O3S/c1-15-6-5-9-19-21-18(13-22(15)19)20(24)23(12-16-7-3-2-4-8-16)17-10-11-27(25,26)14-17/h2-9,13,17H,10-12,14H2,1H3. The molecule has 140 valence electrons. The Balaban J connectivity index is 1.70. The van der Waals surface area contributed by atoms with E-state index in [4.69, 9.17) is 0 Å². The minimum absolute atomic E-state index is 0.0119. The van der Waals surface area contributed by atoms with Crippen molar-refractivity contribution >= 4 is 21.4 Å². The fraction of sp³-hybridized carbons (Fsp3) is 0.300. The van der Waals surface area contributed by atoms with E-state index in [1.54, 1.807) is 11.1 Å². The highest BCUT2D eigenvalue weighted by molar-refractivity contribution is 7.91. The molecular formula is C20H21N3O3S. The highest BCUT2D eigenvalue weighted by Gasteiger charge is 2.35. The molecule has 3 aromatic rings. The Labute approximate surface area is 158 Å². The summed E-state index contributed by atoms with van der Waals surface area (Å²) in [5, 5.41) is 0. The summed E-state index contributed by atoms with van der Waals surface area (Å²) in [6.07, 6.45) is 2.20. The van der Waals surface area contributed by atoms with Gasteiger partial charge in [0.25, 0.3) is 5.91 Å². The van der Waals surface area contributed by atoms with E-state index in [0.29, 0.717) is 24.3 Å². The van der Waals surface area contributed by atoms with Crippen molar-refractivity contribution in [3.63, 3.8) is 0 Å². The minimum Gasteiger partial charge on any atom is -0.329 e. The second kappa shape index (κ2) is 6.81. The third-order valence-corrected chi connectivity index (χ3v) is 6.77. The third kappa shape index (κ3) is 3.60. The van der Waals surface area contributed by atoms with Gasteiger partial charge in [0.15, 0.2) is 9.84 Å². The molecule has 1 fully saturated rings. The molecule has 2 aromatic heterocycles. The van der Waals surface area contributed by atoms with E-state index in [2.05, 4.69) is 4.98 Å². The molecule has 1 aliphatic rings. The lowest BCUT2D eigenvalue weighted by Crippen LogP contribution is -2.40. The number of aryl methyl sites for hydroxylation is 1. The quantitative estimate of drug-likeness (QED) is 0.694. The van der Waals surface area contributed by atoms with Crippen molar-refractivity contribution in [3.05, 3.63) is 71.7 Å². The zero-order chi connectivity index (χ0) is 19.0. The number of fused-ring (bicyclic) bond motifs is 1. The van der Waals surface area contributed by atoms with Crippen LogP contribution in [0.1, 0.15) is 28.2 Å². The van der Waals surface area contributed by atoms with E-state index in [-0.39, 0.29) is 23.5 Å². The van der Waals surface area contributed by atoms with Gasteiger partial charge < -0.3 is 9.30 Å². The Hall–Kier alpha value is -2.67. The lowest BCUT2D eigenvalue weighted by atomic mass is 10.1. The average Bonchev–Trinajstić information content (AvgIpc) is 3.24. The van der Waals surface area contributed by atoms with Crippen LogP contribution in [0.15, 0.2) is 54.7 Å². The van der Waals surface area contributed by atoms with Gasteiger partial charge in [0.05, 0.1) is 11.5 Å². The van der Waals surface area contributed by atoms with Crippen molar-refractivity contribution in [1.82, 2.24) is 14.3 Å². The minimum atomic E-state index is -3.10. The number of nitrogens with zero attached hydrogens (tertiary/aromatic N) is 3. The van der Waals surface area contributed by atoms with Crippen LogP contribution in [0.4, 0.5) is 0 Å². The Kier molecular flexibility index (Phi) is 4.47. The van der Waals surface area contributed by atoms with Crippen molar-refractivity contribution < 1.29 is 13.2 Å². The first-order valence-corrected chi connectivity index (χ1v) is 10.8. The van der Waals surface area contributed by atoms with Crippen LogP contribution >= 0.6 is 0 Å². The van der Waals surface area contributed by atoms with Gasteiger partial charge in [0.1, 0.15) is 11.3 Å². The Morgan fingerprint density at radius 1 is 1.19 bits per heavy atom. The monoisotopic (exact) mass is 383 g/mol. The summed E-state index contributed by atoms with van der Waals surface area (Å²) < 4.78 is 25.8. The molecular weight excluding hydrogens is 362 g/mol. The summed E-state index contributed by atoms with van der Waals surface area (Å²) in [6.45, 7) is 2.32. The summed E-state index contributed by atoms with van der Waals surface area (Å²) >= 11 is 0. The molecule has 27 heavy (non-hydrogen) atoms. The van der Waals surface area contributed by atoms with Gasteiger partial charge in [-0.3, -0.25) is 4.79 Å². The Morgan fingerprint density at radius 2 is 1.96 bits per heavy atom. The van der Waals surface area contributed by atoms with E-state index in [1.165, 1.54) is 0 Å². The molecule has 3 heterocycles. The smallest absolute Gasteiger partial charge is 0.274 e. The van der Waals surface area contributed by atoms with Gasteiger partial charge in [-0.15, -0.1) is 0 Å². The van der Waals surface area contributed by atoms with Crippen molar-refractivity contribution in [2.24, 2.45) is 0 Å². The summed E-state index contributed by atoms with van der Waals surface area (Å²) in [6, 6.07) is 15.0. The SMILES string of the molecule is Cc1cccc2nc(C(=O)N(Cc3ccccc3)C3CCS(=O)(=O)C3)cn12. The molecule has 0 N–H and O–H groups in total. The Bertz CT molecular complexity index is 1090. The summed E-state index contributed by atoms with van der Waals surface area (Å²) in [5.41, 5.74) is 2.99. The predicted molar refractivity (Wildman–Crippen MR) is 103 cm³/mol. The molecule has 1 aromatic carbocycles. The fourth-order valence-corrected chi connectivity index (χ4v) is 5.30. The number of amides is 1. The lowest BCUT2D eigenvalue weighted by molar-refractivity contribution is 0.0675. The van der Waals surface area contributed by atoms with Gasteiger partial charge in [-0.05, 0) is 31.0 Å². The van der Waals surface area contributed by atoms with Crippen LogP contribution in [-0.2, 0) is 16.4 Å². The van der Waals surface area contributed by atoms with Crippen LogP contribution < -0.4 is 0 Å². The summed E-state index contributed by atoms with van der Waals surface area (Å²) in [5.74, 6) is -0.0950. The first-order chi connectivity index (χ1) is 12.9.